The number of nitrogens with two attached hydrogens (primary N) is 1. The maximum absolute atomic E-state index is 15.6. The van der Waals surface area contributed by atoms with Gasteiger partial charge in [-0.05, 0) is 37.5 Å². The van der Waals surface area contributed by atoms with Crippen LogP contribution in [0.3, 0.4) is 0 Å². The van der Waals surface area contributed by atoms with E-state index in [2.05, 4.69) is 15.4 Å². The first-order valence-electron chi connectivity index (χ1n) is 11.3. The van der Waals surface area contributed by atoms with Crippen LogP contribution < -0.4 is 11.1 Å². The minimum Gasteiger partial charge on any atom is -0.398 e. The number of amides is 1. The lowest BCUT2D eigenvalue weighted by Gasteiger charge is -2.25. The number of hydrogen-bond donors (Lipinski definition) is 2. The fourth-order valence-corrected chi connectivity index (χ4v) is 5.72. The molecule has 0 unspecified atom stereocenters. The number of pyridine rings is 1. The maximum atomic E-state index is 15.6. The Hall–Kier alpha value is -3.34. The third-order valence-electron chi connectivity index (χ3n) is 7.08. The Morgan fingerprint density at radius 2 is 2.03 bits per heavy atom. The van der Waals surface area contributed by atoms with Gasteiger partial charge in [-0.25, -0.2) is 9.37 Å². The first-order chi connectivity index (χ1) is 16.9. The van der Waals surface area contributed by atoms with E-state index in [9.17, 15) is 18.0 Å². The van der Waals surface area contributed by atoms with Crippen molar-refractivity contribution < 1.29 is 22.4 Å². The number of fused-ring (bicyclic) bond motifs is 2. The van der Waals surface area contributed by atoms with Gasteiger partial charge in [0.15, 0.2) is 5.69 Å². The van der Waals surface area contributed by atoms with E-state index >= 15 is 4.39 Å². The second-order valence-corrected chi connectivity index (χ2v) is 9.89. The van der Waals surface area contributed by atoms with Crippen molar-refractivity contribution in [2.75, 3.05) is 31.7 Å². The van der Waals surface area contributed by atoms with Gasteiger partial charge in [0.05, 0.1) is 16.6 Å². The molecule has 3 N–H and O–H groups in total. The smallest absolute Gasteiger partial charge is 0.398 e. The molecule has 1 aliphatic heterocycles. The van der Waals surface area contributed by atoms with Gasteiger partial charge in [0, 0.05) is 60.8 Å². The van der Waals surface area contributed by atoms with E-state index in [1.54, 1.807) is 0 Å². The molecule has 0 bridgehead atoms. The van der Waals surface area contributed by atoms with Crippen LogP contribution in [0.1, 0.15) is 46.9 Å². The minimum absolute atomic E-state index is 0.00871. The zero-order valence-corrected chi connectivity index (χ0v) is 20.2. The Balaban J connectivity index is 1.54. The number of nitrogen functional groups attached to an aromatic ring is 1. The molecule has 1 amide bonds. The van der Waals surface area contributed by atoms with E-state index in [4.69, 9.17) is 17.3 Å². The molecule has 3 aromatic rings. The molecule has 190 valence electrons. The van der Waals surface area contributed by atoms with Gasteiger partial charge in [-0.1, -0.05) is 11.6 Å². The summed E-state index contributed by atoms with van der Waals surface area (Å²) in [6.07, 6.45) is 0.00360. The van der Waals surface area contributed by atoms with E-state index in [0.29, 0.717) is 42.8 Å². The van der Waals surface area contributed by atoms with E-state index < -0.39 is 29.0 Å². The molecule has 1 fully saturated rings. The normalized spacial score (nSPS) is 21.0. The predicted octanol–water partition coefficient (Wildman–Crippen LogP) is 5.13. The highest BCUT2D eigenvalue weighted by Crippen LogP contribution is 2.54. The standard InChI is InChI=1S/C24H23ClF4N6O/c1-34(2)22(36)17-15(30)4-3-13(20(17)26)14-10-31-21-18(19(14)25)23(11-32-21)7-5-12(9-23)35-8-6-16(33-35)24(27,28)29/h3-4,6,8,10,12H,5,7,9,11,30H2,1-2H3,(H,31,32)/t12-,23+/m1/s1. The van der Waals surface area contributed by atoms with Gasteiger partial charge in [0.2, 0.25) is 0 Å². The number of halogens is 5. The monoisotopic (exact) mass is 522 g/mol. The zero-order chi connectivity index (χ0) is 26.0. The fraction of sp³-hybridized carbons (Fsp3) is 0.375. The molecule has 1 saturated carbocycles. The van der Waals surface area contributed by atoms with Gasteiger partial charge < -0.3 is 16.0 Å². The zero-order valence-electron chi connectivity index (χ0n) is 19.5. The molecule has 1 spiro atoms. The SMILES string of the molecule is CN(C)C(=O)c1c(N)ccc(-c2cnc3c(c2Cl)[C@]2(CC[C@@H](n4ccc(C(F)(F)F)n4)C2)CN3)c1F. The Morgan fingerprint density at radius 3 is 2.69 bits per heavy atom. The molecule has 1 aliphatic carbocycles. The highest BCUT2D eigenvalue weighted by molar-refractivity contribution is 6.34. The summed E-state index contributed by atoms with van der Waals surface area (Å²) in [5.74, 6) is -0.814. The van der Waals surface area contributed by atoms with Crippen LogP contribution >= 0.6 is 11.6 Å². The van der Waals surface area contributed by atoms with E-state index in [1.807, 2.05) is 0 Å². The molecule has 2 atom stereocenters. The van der Waals surface area contributed by atoms with Gasteiger partial charge >= 0.3 is 6.18 Å². The largest absolute Gasteiger partial charge is 0.435 e. The van der Waals surface area contributed by atoms with Crippen LogP contribution in [0.25, 0.3) is 11.1 Å². The summed E-state index contributed by atoms with van der Waals surface area (Å²) in [6.45, 7) is 0.497. The van der Waals surface area contributed by atoms with Crippen LogP contribution in [-0.4, -0.2) is 46.2 Å². The van der Waals surface area contributed by atoms with Gasteiger partial charge in [-0.15, -0.1) is 0 Å². The van der Waals surface area contributed by atoms with Gasteiger partial charge in [-0.3, -0.25) is 9.48 Å². The van der Waals surface area contributed by atoms with Gasteiger partial charge in [0.25, 0.3) is 5.91 Å². The number of nitrogens with one attached hydrogen (secondary N) is 1. The average Bonchev–Trinajstić information content (AvgIpc) is 3.54. The summed E-state index contributed by atoms with van der Waals surface area (Å²) in [6, 6.07) is 3.62. The molecule has 5 rings (SSSR count). The Morgan fingerprint density at radius 1 is 1.28 bits per heavy atom. The first-order valence-corrected chi connectivity index (χ1v) is 11.7. The first kappa shape index (κ1) is 24.4. The molecular weight excluding hydrogens is 500 g/mol. The summed E-state index contributed by atoms with van der Waals surface area (Å²) < 4.78 is 56.1. The summed E-state index contributed by atoms with van der Waals surface area (Å²) >= 11 is 6.88. The highest BCUT2D eigenvalue weighted by Gasteiger charge is 2.48. The Labute approximate surface area is 209 Å². The van der Waals surface area contributed by atoms with Crippen LogP contribution in [0, 0.1) is 5.82 Å². The quantitative estimate of drug-likeness (QED) is 0.368. The number of aromatic nitrogens is 3. The Bertz CT molecular complexity index is 1370. The lowest BCUT2D eigenvalue weighted by Crippen LogP contribution is -2.26. The van der Waals surface area contributed by atoms with Crippen LogP contribution in [-0.2, 0) is 11.6 Å². The fourth-order valence-electron chi connectivity index (χ4n) is 5.28. The topological polar surface area (TPSA) is 89.1 Å². The molecular formula is C24H23ClF4N6O. The number of carbonyl (C=O) groups excluding carboxylic acids is 1. The third-order valence-corrected chi connectivity index (χ3v) is 7.47. The number of rotatable bonds is 3. The number of benzene rings is 1. The second-order valence-electron chi connectivity index (χ2n) is 9.51. The van der Waals surface area contributed by atoms with E-state index in [-0.39, 0.29) is 27.9 Å². The van der Waals surface area contributed by atoms with E-state index in [1.165, 1.54) is 48.2 Å². The molecule has 12 heteroatoms. The molecule has 7 nitrogen and oxygen atoms in total. The number of carbonyl (C=O) groups is 1. The molecule has 2 aliphatic rings. The van der Waals surface area contributed by atoms with Crippen molar-refractivity contribution in [3.63, 3.8) is 0 Å². The van der Waals surface area contributed by atoms with Crippen molar-refractivity contribution in [3.8, 4) is 11.1 Å². The summed E-state index contributed by atoms with van der Waals surface area (Å²) in [5.41, 5.74) is 5.33. The van der Waals surface area contributed by atoms with Crippen molar-refractivity contribution in [2.24, 2.45) is 0 Å². The summed E-state index contributed by atoms with van der Waals surface area (Å²) in [4.78, 5) is 18.2. The number of alkyl halides is 3. The maximum Gasteiger partial charge on any atom is 0.435 e. The average molecular weight is 523 g/mol. The lowest BCUT2D eigenvalue weighted by atomic mass is 9.80. The van der Waals surface area contributed by atoms with Crippen molar-refractivity contribution in [1.82, 2.24) is 19.7 Å². The lowest BCUT2D eigenvalue weighted by molar-refractivity contribution is -0.141. The van der Waals surface area contributed by atoms with Crippen LogP contribution in [0.4, 0.5) is 29.1 Å². The van der Waals surface area contributed by atoms with Crippen molar-refractivity contribution in [3.05, 3.63) is 58.3 Å². The van der Waals surface area contributed by atoms with Crippen LogP contribution in [0.5, 0.6) is 0 Å². The van der Waals surface area contributed by atoms with Crippen molar-refractivity contribution in [2.45, 2.75) is 36.9 Å². The molecule has 1 aromatic carbocycles. The van der Waals surface area contributed by atoms with Crippen molar-refractivity contribution >= 4 is 29.0 Å². The molecule has 0 radical (unpaired) electrons. The second kappa shape index (κ2) is 8.36. The van der Waals surface area contributed by atoms with E-state index in [0.717, 1.165) is 6.07 Å². The number of anilines is 2. The third kappa shape index (κ3) is 3.76. The minimum atomic E-state index is -4.51. The summed E-state index contributed by atoms with van der Waals surface area (Å²) in [5, 5.41) is 7.28. The summed E-state index contributed by atoms with van der Waals surface area (Å²) in [7, 11) is 3.00. The number of hydrogen-bond acceptors (Lipinski definition) is 5. The molecule has 0 saturated heterocycles. The molecule has 3 heterocycles. The van der Waals surface area contributed by atoms with Crippen LogP contribution in [0.15, 0.2) is 30.6 Å². The van der Waals surface area contributed by atoms with Gasteiger partial charge in [-0.2, -0.15) is 18.3 Å². The Kier molecular flexibility index (Phi) is 5.66. The van der Waals surface area contributed by atoms with Gasteiger partial charge in [0.1, 0.15) is 11.6 Å². The van der Waals surface area contributed by atoms with Crippen molar-refractivity contribution in [1.29, 1.82) is 0 Å². The number of nitrogens with zero attached hydrogens (tertiary/aromatic N) is 4. The molecule has 2 aromatic heterocycles. The predicted molar refractivity (Wildman–Crippen MR) is 127 cm³/mol. The molecule has 36 heavy (non-hydrogen) atoms. The van der Waals surface area contributed by atoms with Crippen LogP contribution in [0.2, 0.25) is 5.02 Å². The highest BCUT2D eigenvalue weighted by atomic mass is 35.5.